The highest BCUT2D eigenvalue weighted by Crippen LogP contribution is 2.41. The van der Waals surface area contributed by atoms with E-state index in [4.69, 9.17) is 26.7 Å². The maximum atomic E-state index is 14.6. The lowest BCUT2D eigenvalue weighted by Gasteiger charge is -2.32. The number of rotatable bonds is 21. The summed E-state index contributed by atoms with van der Waals surface area (Å²) >= 11 is 0. The second kappa shape index (κ2) is 23.8. The minimum absolute atomic E-state index is 0.0874. The Kier molecular flexibility index (Phi) is 18.9. The Hall–Kier alpha value is -4.91. The molecule has 0 spiro atoms. The van der Waals surface area contributed by atoms with Crippen LogP contribution in [0.4, 0.5) is 0 Å². The molecule has 0 saturated carbocycles. The van der Waals surface area contributed by atoms with E-state index in [1.807, 2.05) is 31.2 Å². The van der Waals surface area contributed by atoms with Gasteiger partial charge in [0.2, 0.25) is 11.8 Å². The van der Waals surface area contributed by atoms with Crippen molar-refractivity contribution < 1.29 is 33.4 Å². The van der Waals surface area contributed by atoms with E-state index in [1.165, 1.54) is 49.5 Å². The normalized spacial score (nSPS) is 17.3. The van der Waals surface area contributed by atoms with E-state index in [1.54, 1.807) is 38.2 Å². The van der Waals surface area contributed by atoms with Crippen molar-refractivity contribution in [2.45, 2.75) is 110 Å². The zero-order valence-corrected chi connectivity index (χ0v) is 36.4. The summed E-state index contributed by atoms with van der Waals surface area (Å²) in [5, 5.41) is 2.85. The van der Waals surface area contributed by atoms with Gasteiger partial charge in [0.25, 0.3) is 0 Å². The third-order valence-corrected chi connectivity index (χ3v) is 11.4. The van der Waals surface area contributed by atoms with E-state index in [9.17, 15) is 24.0 Å². The fourth-order valence-electron chi connectivity index (χ4n) is 7.98. The van der Waals surface area contributed by atoms with Crippen LogP contribution in [0, 0.1) is 18.8 Å². The zero-order chi connectivity index (χ0) is 43.8. The van der Waals surface area contributed by atoms with E-state index in [2.05, 4.69) is 18.3 Å². The number of unbranched alkanes of at least 4 members (excludes halogenated alkanes) is 5. The molecule has 7 N–H and O–H groups in total. The standard InChI is InChI=1S/C48H67N5O7/c1-6-7-8-9-10-11-12-34-13-16-38(31(2)25-34)42(55)30-37(19-20-49)48(58)53(5)46-36-15-18-45(60-24-22-51)40(29-36)39-27-35(14-17-44(39)59-23-21-50)28-41(33(4)54)52-47(57)32(3)26-43(46)56/h13-18,25,27,29,32,37,41,46H,6-12,19-24,26,28,30,49-51H2,1-5H3,(H,52,57)/t32-,37-,41+,46+/m1/s1. The summed E-state index contributed by atoms with van der Waals surface area (Å²) in [6.45, 7) is 8.26. The van der Waals surface area contributed by atoms with Crippen molar-refractivity contribution in [2.75, 3.05) is 39.9 Å². The highest BCUT2D eigenvalue weighted by Gasteiger charge is 2.36. The summed E-state index contributed by atoms with van der Waals surface area (Å²) in [6.07, 6.45) is 8.30. The smallest absolute Gasteiger partial charge is 0.226 e. The van der Waals surface area contributed by atoms with Crippen LogP contribution >= 0.6 is 0 Å². The highest BCUT2D eigenvalue weighted by molar-refractivity contribution is 6.01. The number of ether oxygens (including phenoxy) is 2. The minimum atomic E-state index is -1.16. The van der Waals surface area contributed by atoms with E-state index in [0.717, 1.165) is 24.0 Å². The first kappa shape index (κ1) is 47.8. The lowest BCUT2D eigenvalue weighted by molar-refractivity contribution is -0.142. The van der Waals surface area contributed by atoms with Crippen molar-refractivity contribution in [3.8, 4) is 22.6 Å². The van der Waals surface area contributed by atoms with Crippen molar-refractivity contribution in [3.63, 3.8) is 0 Å². The summed E-state index contributed by atoms with van der Waals surface area (Å²) in [5.41, 5.74) is 22.7. The number of Topliss-reactive ketones (excluding diaryl/α,β-unsaturated/α-hetero) is 3. The van der Waals surface area contributed by atoms with Gasteiger partial charge in [-0.05, 0) is 92.6 Å². The third kappa shape index (κ3) is 13.0. The third-order valence-electron chi connectivity index (χ3n) is 11.4. The van der Waals surface area contributed by atoms with E-state index in [-0.39, 0.29) is 70.1 Å². The van der Waals surface area contributed by atoms with E-state index < -0.39 is 41.5 Å². The van der Waals surface area contributed by atoms with Crippen LogP contribution < -0.4 is 32.0 Å². The predicted octanol–water partition coefficient (Wildman–Crippen LogP) is 6.20. The average Bonchev–Trinajstić information content (AvgIpc) is 3.22. The van der Waals surface area contributed by atoms with Gasteiger partial charge in [0.1, 0.15) is 30.8 Å². The Morgan fingerprint density at radius 3 is 2.12 bits per heavy atom. The second-order valence-corrected chi connectivity index (χ2v) is 16.2. The Balaban J connectivity index is 1.74. The maximum Gasteiger partial charge on any atom is 0.226 e. The summed E-state index contributed by atoms with van der Waals surface area (Å²) in [5.74, 6) is -2.36. The summed E-state index contributed by atoms with van der Waals surface area (Å²) < 4.78 is 12.2. The number of nitrogens with zero attached hydrogens (tertiary/aromatic N) is 1. The van der Waals surface area contributed by atoms with Gasteiger partial charge in [0.15, 0.2) is 17.3 Å². The van der Waals surface area contributed by atoms with Crippen molar-refractivity contribution in [1.29, 1.82) is 0 Å². The number of carbonyl (C=O) groups is 5. The molecule has 3 aromatic rings. The van der Waals surface area contributed by atoms with Crippen LogP contribution in [0.5, 0.6) is 11.5 Å². The molecule has 0 aromatic heterocycles. The highest BCUT2D eigenvalue weighted by atomic mass is 16.5. The van der Waals surface area contributed by atoms with Crippen LogP contribution in [0.25, 0.3) is 11.1 Å². The molecule has 4 atom stereocenters. The number of nitrogens with two attached hydrogens (primary N) is 3. The average molecular weight is 826 g/mol. The van der Waals surface area contributed by atoms with Crippen LogP contribution in [0.1, 0.15) is 117 Å². The van der Waals surface area contributed by atoms with E-state index >= 15 is 0 Å². The van der Waals surface area contributed by atoms with Gasteiger partial charge in [-0.3, -0.25) is 24.0 Å². The lowest BCUT2D eigenvalue weighted by atomic mass is 9.88. The molecule has 0 unspecified atom stereocenters. The molecule has 12 nitrogen and oxygen atoms in total. The molecular formula is C48H67N5O7. The predicted molar refractivity (Wildman–Crippen MR) is 236 cm³/mol. The number of nitrogens with one attached hydrogen (secondary N) is 1. The first-order chi connectivity index (χ1) is 28.8. The van der Waals surface area contributed by atoms with Crippen molar-refractivity contribution in [3.05, 3.63) is 82.4 Å². The molecule has 0 radical (unpaired) electrons. The maximum absolute atomic E-state index is 14.6. The number of hydrogen-bond acceptors (Lipinski definition) is 10. The first-order valence-corrected chi connectivity index (χ1v) is 21.7. The minimum Gasteiger partial charge on any atom is -0.492 e. The number of benzene rings is 3. The van der Waals surface area contributed by atoms with Crippen molar-refractivity contribution >= 4 is 29.2 Å². The Bertz CT molecular complexity index is 1950. The molecule has 1 aliphatic heterocycles. The fraction of sp³-hybridized carbons (Fsp3) is 0.521. The van der Waals surface area contributed by atoms with Gasteiger partial charge in [-0.1, -0.05) is 76.3 Å². The summed E-state index contributed by atoms with van der Waals surface area (Å²) in [4.78, 5) is 70.9. The van der Waals surface area contributed by atoms with Gasteiger partial charge in [0, 0.05) is 61.5 Å². The molecule has 4 bridgehead atoms. The zero-order valence-electron chi connectivity index (χ0n) is 36.4. The molecular weight excluding hydrogens is 759 g/mol. The SMILES string of the molecule is CCCCCCCCc1ccc(C(=O)C[C@@H](CCN)C(=O)N(C)[C@@H]2C(=O)C[C@@H](C)C(=O)N[C@H](C(C)=O)Cc3ccc(OCCN)c(c3)-c3cc2ccc3OCCN)c(C)c1. The van der Waals surface area contributed by atoms with Gasteiger partial charge in [-0.2, -0.15) is 0 Å². The molecule has 0 aliphatic carbocycles. The lowest BCUT2D eigenvalue weighted by Crippen LogP contribution is -2.45. The van der Waals surface area contributed by atoms with Crippen molar-refractivity contribution in [1.82, 2.24) is 10.2 Å². The van der Waals surface area contributed by atoms with Crippen LogP contribution in [0.2, 0.25) is 0 Å². The first-order valence-electron chi connectivity index (χ1n) is 21.7. The van der Waals surface area contributed by atoms with Crippen LogP contribution in [-0.2, 0) is 32.0 Å². The van der Waals surface area contributed by atoms with Gasteiger partial charge in [-0.25, -0.2) is 0 Å². The monoisotopic (exact) mass is 826 g/mol. The molecule has 60 heavy (non-hydrogen) atoms. The van der Waals surface area contributed by atoms with Gasteiger partial charge >= 0.3 is 0 Å². The Labute approximate surface area is 356 Å². The van der Waals surface area contributed by atoms with Gasteiger partial charge in [0.05, 0.1) is 6.04 Å². The Morgan fingerprint density at radius 2 is 1.48 bits per heavy atom. The van der Waals surface area contributed by atoms with Gasteiger partial charge in [-0.15, -0.1) is 0 Å². The van der Waals surface area contributed by atoms with Crippen LogP contribution in [-0.4, -0.2) is 80.0 Å². The topological polar surface area (TPSA) is 197 Å². The number of amides is 2. The molecule has 0 saturated heterocycles. The summed E-state index contributed by atoms with van der Waals surface area (Å²) in [7, 11) is 1.55. The van der Waals surface area contributed by atoms with E-state index in [0.29, 0.717) is 33.8 Å². The molecule has 1 aliphatic rings. The fourth-order valence-corrected chi connectivity index (χ4v) is 7.98. The summed E-state index contributed by atoms with van der Waals surface area (Å²) in [6, 6.07) is 14.7. The number of ketones is 3. The second-order valence-electron chi connectivity index (χ2n) is 16.2. The largest absolute Gasteiger partial charge is 0.492 e. The van der Waals surface area contributed by atoms with Gasteiger partial charge < -0.3 is 36.9 Å². The number of likely N-dealkylation sites (N-methyl/N-ethyl adjacent to an activating group) is 1. The van der Waals surface area contributed by atoms with Crippen LogP contribution in [0.15, 0.2) is 54.6 Å². The Morgan fingerprint density at radius 1 is 0.833 bits per heavy atom. The molecule has 12 heteroatoms. The molecule has 3 aromatic carbocycles. The molecule has 0 fully saturated rings. The number of carbonyl (C=O) groups excluding carboxylic acids is 5. The molecule has 1 heterocycles. The van der Waals surface area contributed by atoms with Crippen molar-refractivity contribution in [2.24, 2.45) is 29.0 Å². The molecule has 2 amide bonds. The number of aryl methyl sites for hydroxylation is 2. The molecule has 326 valence electrons. The number of fused-ring (bicyclic) bond motifs is 5. The quantitative estimate of drug-likeness (QED) is 0.0709. The van der Waals surface area contributed by atoms with Crippen LogP contribution in [0.3, 0.4) is 0 Å². The molecule has 4 rings (SSSR count). The number of hydrogen-bond donors (Lipinski definition) is 4.